The van der Waals surface area contributed by atoms with E-state index in [9.17, 15) is 18.0 Å². The van der Waals surface area contributed by atoms with Crippen LogP contribution in [0.25, 0.3) is 0 Å². The van der Waals surface area contributed by atoms with Gasteiger partial charge in [0.15, 0.2) is 0 Å². The standard InChI is InChI=1S/C17H16Cl2N2O5S/c1-21(2)27(24,25)15-8-12(13(18)9-14(15)19)16(22)20-11-6-4-10(5-7-11)17(23)26-3/h4-9H,1-3H3,(H,20,22). The van der Waals surface area contributed by atoms with Gasteiger partial charge in [-0.05, 0) is 36.4 Å². The molecule has 2 aromatic rings. The molecule has 2 rings (SSSR count). The van der Waals surface area contributed by atoms with E-state index >= 15 is 0 Å². The minimum atomic E-state index is -3.86. The summed E-state index contributed by atoms with van der Waals surface area (Å²) in [6, 6.07) is 8.30. The number of rotatable bonds is 5. The minimum absolute atomic E-state index is 0.00128. The molecule has 0 aromatic heterocycles. The summed E-state index contributed by atoms with van der Waals surface area (Å²) >= 11 is 12.1. The summed E-state index contributed by atoms with van der Waals surface area (Å²) in [5.74, 6) is -1.13. The van der Waals surface area contributed by atoms with E-state index in [2.05, 4.69) is 10.1 Å². The van der Waals surface area contributed by atoms with Crippen molar-refractivity contribution < 1.29 is 22.7 Å². The van der Waals surface area contributed by atoms with Crippen molar-refractivity contribution in [1.29, 1.82) is 0 Å². The van der Waals surface area contributed by atoms with Crippen LogP contribution >= 0.6 is 23.2 Å². The zero-order valence-corrected chi connectivity index (χ0v) is 16.9. The average molecular weight is 431 g/mol. The Balaban J connectivity index is 2.35. The van der Waals surface area contributed by atoms with Gasteiger partial charge in [-0.3, -0.25) is 4.79 Å². The normalized spacial score (nSPS) is 11.3. The number of nitrogens with zero attached hydrogens (tertiary/aromatic N) is 1. The number of sulfonamides is 1. The Hall–Kier alpha value is -2.13. The number of amides is 1. The van der Waals surface area contributed by atoms with Crippen LogP contribution in [0.5, 0.6) is 0 Å². The smallest absolute Gasteiger partial charge is 0.337 e. The van der Waals surface area contributed by atoms with E-state index in [1.807, 2.05) is 0 Å². The number of ether oxygens (including phenoxy) is 1. The van der Waals surface area contributed by atoms with Crippen LogP contribution in [0.4, 0.5) is 5.69 Å². The van der Waals surface area contributed by atoms with Gasteiger partial charge in [0.1, 0.15) is 4.90 Å². The summed E-state index contributed by atoms with van der Waals surface area (Å²) in [4.78, 5) is 23.7. The SMILES string of the molecule is COC(=O)c1ccc(NC(=O)c2cc(S(=O)(=O)N(C)C)c(Cl)cc2Cl)cc1. The molecule has 0 atom stereocenters. The van der Waals surface area contributed by atoms with Crippen molar-refractivity contribution in [2.24, 2.45) is 0 Å². The van der Waals surface area contributed by atoms with E-state index in [0.717, 1.165) is 10.4 Å². The van der Waals surface area contributed by atoms with E-state index in [1.165, 1.54) is 51.5 Å². The quantitative estimate of drug-likeness (QED) is 0.734. The predicted octanol–water partition coefficient (Wildman–Crippen LogP) is 3.28. The molecule has 0 bridgehead atoms. The van der Waals surface area contributed by atoms with E-state index in [1.54, 1.807) is 0 Å². The maximum absolute atomic E-state index is 12.5. The largest absolute Gasteiger partial charge is 0.465 e. The third-order valence-electron chi connectivity index (χ3n) is 3.59. The maximum Gasteiger partial charge on any atom is 0.337 e. The molecule has 1 amide bonds. The van der Waals surface area contributed by atoms with Crippen molar-refractivity contribution in [2.75, 3.05) is 26.5 Å². The highest BCUT2D eigenvalue weighted by molar-refractivity contribution is 7.89. The molecule has 0 aliphatic heterocycles. The van der Waals surface area contributed by atoms with Gasteiger partial charge in [0.25, 0.3) is 5.91 Å². The molecule has 1 N–H and O–H groups in total. The van der Waals surface area contributed by atoms with Crippen molar-refractivity contribution in [3.8, 4) is 0 Å². The van der Waals surface area contributed by atoms with Gasteiger partial charge in [-0.1, -0.05) is 23.2 Å². The molecule has 0 radical (unpaired) electrons. The fourth-order valence-corrected chi connectivity index (χ4v) is 3.83. The average Bonchev–Trinajstić information content (AvgIpc) is 2.61. The Kier molecular flexibility index (Phi) is 6.48. The topological polar surface area (TPSA) is 92.8 Å². The fourth-order valence-electron chi connectivity index (χ4n) is 2.10. The van der Waals surface area contributed by atoms with Gasteiger partial charge in [-0.2, -0.15) is 0 Å². The second kappa shape index (κ2) is 8.26. The molecule has 7 nitrogen and oxygen atoms in total. The number of hydrogen-bond acceptors (Lipinski definition) is 5. The van der Waals surface area contributed by atoms with Gasteiger partial charge in [0.05, 0.1) is 28.3 Å². The summed E-state index contributed by atoms with van der Waals surface area (Å²) in [5, 5.41) is 2.49. The van der Waals surface area contributed by atoms with Crippen LogP contribution in [0.2, 0.25) is 10.0 Å². The van der Waals surface area contributed by atoms with Crippen LogP contribution in [-0.2, 0) is 14.8 Å². The number of methoxy groups -OCH3 is 1. The highest BCUT2D eigenvalue weighted by Crippen LogP contribution is 2.30. The van der Waals surface area contributed by atoms with Crippen molar-refractivity contribution >= 4 is 50.8 Å². The second-order valence-corrected chi connectivity index (χ2v) is 8.51. The Morgan fingerprint density at radius 2 is 1.63 bits per heavy atom. The lowest BCUT2D eigenvalue weighted by Gasteiger charge is -2.15. The van der Waals surface area contributed by atoms with Crippen molar-refractivity contribution in [3.05, 3.63) is 57.6 Å². The molecular formula is C17H16Cl2N2O5S. The molecule has 0 fully saturated rings. The van der Waals surface area contributed by atoms with Crippen LogP contribution < -0.4 is 5.32 Å². The summed E-state index contributed by atoms with van der Waals surface area (Å²) in [6.45, 7) is 0. The minimum Gasteiger partial charge on any atom is -0.465 e. The number of halogens is 2. The summed E-state index contributed by atoms with van der Waals surface area (Å²) in [6.07, 6.45) is 0. The molecule has 0 aliphatic rings. The molecular weight excluding hydrogens is 415 g/mol. The molecule has 0 unspecified atom stereocenters. The lowest BCUT2D eigenvalue weighted by molar-refractivity contribution is 0.0600. The first-order valence-electron chi connectivity index (χ1n) is 7.49. The Labute approximate surface area is 166 Å². The Morgan fingerprint density at radius 3 is 2.15 bits per heavy atom. The number of hydrogen-bond donors (Lipinski definition) is 1. The predicted molar refractivity (Wildman–Crippen MR) is 103 cm³/mol. The Bertz CT molecular complexity index is 989. The zero-order valence-electron chi connectivity index (χ0n) is 14.6. The molecule has 27 heavy (non-hydrogen) atoms. The van der Waals surface area contributed by atoms with Gasteiger partial charge in [-0.15, -0.1) is 0 Å². The molecule has 10 heteroatoms. The van der Waals surface area contributed by atoms with Crippen molar-refractivity contribution in [1.82, 2.24) is 4.31 Å². The first kappa shape index (κ1) is 21.2. The number of carbonyl (C=O) groups excluding carboxylic acids is 2. The first-order chi connectivity index (χ1) is 12.6. The molecule has 144 valence electrons. The van der Waals surface area contributed by atoms with Gasteiger partial charge < -0.3 is 10.1 Å². The van der Waals surface area contributed by atoms with Gasteiger partial charge >= 0.3 is 5.97 Å². The maximum atomic E-state index is 12.5. The monoisotopic (exact) mass is 430 g/mol. The number of anilines is 1. The van der Waals surface area contributed by atoms with E-state index in [0.29, 0.717) is 11.3 Å². The van der Waals surface area contributed by atoms with Gasteiger partial charge in [0.2, 0.25) is 10.0 Å². The molecule has 0 spiro atoms. The fraction of sp³-hybridized carbons (Fsp3) is 0.176. The van der Waals surface area contributed by atoms with Crippen LogP contribution in [-0.4, -0.2) is 45.8 Å². The van der Waals surface area contributed by atoms with Crippen molar-refractivity contribution in [3.63, 3.8) is 0 Å². The molecule has 0 saturated heterocycles. The Morgan fingerprint density at radius 1 is 1.04 bits per heavy atom. The lowest BCUT2D eigenvalue weighted by atomic mass is 10.2. The molecule has 0 aliphatic carbocycles. The summed E-state index contributed by atoms with van der Waals surface area (Å²) in [5.41, 5.74) is 0.647. The molecule has 0 heterocycles. The van der Waals surface area contributed by atoms with Crippen molar-refractivity contribution in [2.45, 2.75) is 4.90 Å². The first-order valence-corrected chi connectivity index (χ1v) is 9.69. The molecule has 2 aromatic carbocycles. The summed E-state index contributed by atoms with van der Waals surface area (Å²) < 4.78 is 30.3. The van der Waals surface area contributed by atoms with Crippen LogP contribution in [0.15, 0.2) is 41.3 Å². The van der Waals surface area contributed by atoms with Crippen LogP contribution in [0, 0.1) is 0 Å². The van der Waals surface area contributed by atoms with Gasteiger partial charge in [0, 0.05) is 19.8 Å². The number of benzene rings is 2. The number of esters is 1. The number of nitrogens with one attached hydrogen (secondary N) is 1. The zero-order chi connectivity index (χ0) is 20.4. The third-order valence-corrected chi connectivity index (χ3v) is 6.18. The van der Waals surface area contributed by atoms with E-state index < -0.39 is 21.9 Å². The second-order valence-electron chi connectivity index (χ2n) is 5.57. The van der Waals surface area contributed by atoms with Gasteiger partial charge in [-0.25, -0.2) is 17.5 Å². The number of carbonyl (C=O) groups is 2. The third kappa shape index (κ3) is 4.59. The molecule has 0 saturated carbocycles. The van der Waals surface area contributed by atoms with E-state index in [4.69, 9.17) is 23.2 Å². The lowest BCUT2D eigenvalue weighted by Crippen LogP contribution is -2.23. The highest BCUT2D eigenvalue weighted by atomic mass is 35.5. The van der Waals surface area contributed by atoms with Crippen LogP contribution in [0.1, 0.15) is 20.7 Å². The summed E-state index contributed by atoms with van der Waals surface area (Å²) in [7, 11) is 0.104. The highest BCUT2D eigenvalue weighted by Gasteiger charge is 2.24. The van der Waals surface area contributed by atoms with E-state index in [-0.39, 0.29) is 20.5 Å². The van der Waals surface area contributed by atoms with Crippen LogP contribution in [0.3, 0.4) is 0 Å².